The Balaban J connectivity index is 3.70. The molecule has 0 fully saturated rings. The van der Waals surface area contributed by atoms with E-state index in [4.69, 9.17) is 0 Å². The summed E-state index contributed by atoms with van der Waals surface area (Å²) in [4.78, 5) is 0. The van der Waals surface area contributed by atoms with Crippen LogP contribution < -0.4 is 0 Å². The van der Waals surface area contributed by atoms with Gasteiger partial charge in [-0.3, -0.25) is 0 Å². The van der Waals surface area contributed by atoms with E-state index in [1.54, 1.807) is 0 Å². The molecule has 0 atom stereocenters. The summed E-state index contributed by atoms with van der Waals surface area (Å²) in [7, 11) is 0. The van der Waals surface area contributed by atoms with Gasteiger partial charge in [0.1, 0.15) is 0 Å². The number of hydrogen-bond acceptors (Lipinski definition) is 0. The fourth-order valence-electron chi connectivity index (χ4n) is 2.08. The molecule has 0 bridgehead atoms. The lowest BCUT2D eigenvalue weighted by atomic mass is 9.87. The zero-order chi connectivity index (χ0) is 15.9. The first-order chi connectivity index (χ1) is 8.85. The Kier molecular flexibility index (Phi) is 4.46. The molecular formula is C14H16F6. The van der Waals surface area contributed by atoms with Gasteiger partial charge in [-0.05, 0) is 35.1 Å². The topological polar surface area (TPSA) is 0 Å². The van der Waals surface area contributed by atoms with Crippen LogP contribution in [0.15, 0.2) is 12.1 Å². The Bertz CT molecular complexity index is 434. The van der Waals surface area contributed by atoms with Crippen molar-refractivity contribution < 1.29 is 26.3 Å². The van der Waals surface area contributed by atoms with Gasteiger partial charge in [-0.25, -0.2) is 0 Å². The van der Waals surface area contributed by atoms with Crippen molar-refractivity contribution in [3.63, 3.8) is 0 Å². The van der Waals surface area contributed by atoms with Crippen LogP contribution in [0.25, 0.3) is 0 Å². The molecule has 20 heavy (non-hydrogen) atoms. The number of halogens is 6. The molecule has 114 valence electrons. The summed E-state index contributed by atoms with van der Waals surface area (Å²) >= 11 is 0. The highest BCUT2D eigenvalue weighted by Gasteiger charge is 2.40. The molecule has 0 aromatic heterocycles. The summed E-state index contributed by atoms with van der Waals surface area (Å²) in [5.41, 5.74) is -2.61. The summed E-state index contributed by atoms with van der Waals surface area (Å²) in [5.74, 6) is -1.29. The second-order valence-electron chi connectivity index (χ2n) is 5.33. The van der Waals surface area contributed by atoms with Gasteiger partial charge in [-0.2, -0.15) is 26.3 Å². The number of rotatable bonds is 2. The maximum absolute atomic E-state index is 13.0. The third-order valence-electron chi connectivity index (χ3n) is 3.08. The predicted octanol–water partition coefficient (Wildman–Crippen LogP) is 5.97. The Morgan fingerprint density at radius 3 is 1.05 bits per heavy atom. The Morgan fingerprint density at radius 2 is 0.900 bits per heavy atom. The molecule has 0 N–H and O–H groups in total. The van der Waals surface area contributed by atoms with E-state index < -0.39 is 35.3 Å². The average molecular weight is 298 g/mol. The fourth-order valence-corrected chi connectivity index (χ4v) is 2.08. The number of alkyl halides is 6. The van der Waals surface area contributed by atoms with Crippen molar-refractivity contribution in [1.29, 1.82) is 0 Å². The van der Waals surface area contributed by atoms with Crippen LogP contribution in [0, 0.1) is 0 Å². The van der Waals surface area contributed by atoms with Crippen LogP contribution in [0.2, 0.25) is 0 Å². The first kappa shape index (κ1) is 16.9. The van der Waals surface area contributed by atoms with E-state index in [9.17, 15) is 26.3 Å². The Morgan fingerprint density at radius 1 is 0.650 bits per heavy atom. The lowest BCUT2D eigenvalue weighted by molar-refractivity contribution is -0.142. The minimum atomic E-state index is -4.66. The van der Waals surface area contributed by atoms with Crippen LogP contribution in [0.4, 0.5) is 26.3 Å². The van der Waals surface area contributed by atoms with E-state index in [0.29, 0.717) is 12.1 Å². The normalized spacial score (nSPS) is 13.4. The molecule has 0 spiro atoms. The number of hydrogen-bond donors (Lipinski definition) is 0. The predicted molar refractivity (Wildman–Crippen MR) is 64.6 cm³/mol. The molecule has 1 aromatic rings. The molecule has 0 aliphatic heterocycles. The minimum absolute atomic E-state index is 0.325. The largest absolute Gasteiger partial charge is 0.416 e. The standard InChI is InChI=1S/C14H16F6/c1-7(2)9-5-12(14(18,19)20)10(8(3)4)6-11(9)13(15,16)17/h5-8H,1-4H3. The van der Waals surface area contributed by atoms with Crippen molar-refractivity contribution >= 4 is 0 Å². The van der Waals surface area contributed by atoms with E-state index in [0.717, 1.165) is 0 Å². The van der Waals surface area contributed by atoms with Crippen LogP contribution >= 0.6 is 0 Å². The molecule has 0 heterocycles. The van der Waals surface area contributed by atoms with Crippen molar-refractivity contribution in [1.82, 2.24) is 0 Å². The van der Waals surface area contributed by atoms with Gasteiger partial charge in [0, 0.05) is 0 Å². The van der Waals surface area contributed by atoms with Crippen molar-refractivity contribution in [2.75, 3.05) is 0 Å². The zero-order valence-electron chi connectivity index (χ0n) is 11.6. The molecule has 0 saturated heterocycles. The highest BCUT2D eigenvalue weighted by atomic mass is 19.4. The van der Waals surface area contributed by atoms with E-state index in [2.05, 4.69) is 0 Å². The van der Waals surface area contributed by atoms with E-state index in [-0.39, 0.29) is 11.1 Å². The van der Waals surface area contributed by atoms with Gasteiger partial charge in [0.2, 0.25) is 0 Å². The minimum Gasteiger partial charge on any atom is -0.166 e. The average Bonchev–Trinajstić information content (AvgIpc) is 2.24. The second-order valence-corrected chi connectivity index (χ2v) is 5.33. The Hall–Kier alpha value is -1.20. The SMILES string of the molecule is CC(C)c1cc(C(F)(F)F)c(C(C)C)cc1C(F)(F)F. The molecule has 0 aliphatic carbocycles. The maximum Gasteiger partial charge on any atom is 0.416 e. The quantitative estimate of drug-likeness (QED) is 0.590. The summed E-state index contributed by atoms with van der Waals surface area (Å²) in [6, 6.07) is 1.28. The molecule has 1 rings (SSSR count). The van der Waals surface area contributed by atoms with E-state index in [1.807, 2.05) is 0 Å². The highest BCUT2D eigenvalue weighted by molar-refractivity contribution is 5.44. The summed E-state index contributed by atoms with van der Waals surface area (Å²) < 4.78 is 78.0. The molecule has 0 unspecified atom stereocenters. The van der Waals surface area contributed by atoms with Crippen LogP contribution in [-0.4, -0.2) is 0 Å². The van der Waals surface area contributed by atoms with Crippen LogP contribution in [-0.2, 0) is 12.4 Å². The molecule has 0 radical (unpaired) electrons. The zero-order valence-corrected chi connectivity index (χ0v) is 11.6. The molecule has 0 nitrogen and oxygen atoms in total. The summed E-state index contributed by atoms with van der Waals surface area (Å²) in [6.07, 6.45) is -9.32. The lowest BCUT2D eigenvalue weighted by Gasteiger charge is -2.22. The highest BCUT2D eigenvalue weighted by Crippen LogP contribution is 2.42. The first-order valence-corrected chi connectivity index (χ1v) is 6.18. The van der Waals surface area contributed by atoms with Gasteiger partial charge >= 0.3 is 12.4 Å². The van der Waals surface area contributed by atoms with Crippen molar-refractivity contribution in [3.8, 4) is 0 Å². The smallest absolute Gasteiger partial charge is 0.166 e. The van der Waals surface area contributed by atoms with Gasteiger partial charge in [-0.15, -0.1) is 0 Å². The van der Waals surface area contributed by atoms with Crippen molar-refractivity contribution in [2.24, 2.45) is 0 Å². The van der Waals surface area contributed by atoms with Crippen molar-refractivity contribution in [3.05, 3.63) is 34.4 Å². The van der Waals surface area contributed by atoms with Gasteiger partial charge in [-0.1, -0.05) is 27.7 Å². The molecule has 1 aromatic carbocycles. The fraction of sp³-hybridized carbons (Fsp3) is 0.571. The van der Waals surface area contributed by atoms with Gasteiger partial charge in [0.15, 0.2) is 0 Å². The van der Waals surface area contributed by atoms with Gasteiger partial charge < -0.3 is 0 Å². The third kappa shape index (κ3) is 3.46. The summed E-state index contributed by atoms with van der Waals surface area (Å²) in [5, 5.41) is 0. The van der Waals surface area contributed by atoms with Gasteiger partial charge in [0.05, 0.1) is 11.1 Å². The van der Waals surface area contributed by atoms with Crippen LogP contribution in [0.1, 0.15) is 61.8 Å². The van der Waals surface area contributed by atoms with E-state index in [1.165, 1.54) is 27.7 Å². The monoisotopic (exact) mass is 298 g/mol. The van der Waals surface area contributed by atoms with Crippen molar-refractivity contribution in [2.45, 2.75) is 51.9 Å². The van der Waals surface area contributed by atoms with E-state index >= 15 is 0 Å². The molecule has 0 saturated carbocycles. The maximum atomic E-state index is 13.0. The molecule has 6 heteroatoms. The third-order valence-corrected chi connectivity index (χ3v) is 3.08. The molecule has 0 aliphatic rings. The molecule has 0 amide bonds. The number of benzene rings is 1. The Labute approximate surface area is 113 Å². The molecular weight excluding hydrogens is 282 g/mol. The van der Waals surface area contributed by atoms with Crippen LogP contribution in [0.5, 0.6) is 0 Å². The van der Waals surface area contributed by atoms with Crippen LogP contribution in [0.3, 0.4) is 0 Å². The second kappa shape index (κ2) is 5.30. The van der Waals surface area contributed by atoms with Gasteiger partial charge in [0.25, 0.3) is 0 Å². The summed E-state index contributed by atoms with van der Waals surface area (Å²) in [6.45, 7) is 5.78. The lowest BCUT2D eigenvalue weighted by Crippen LogP contribution is -2.17. The first-order valence-electron chi connectivity index (χ1n) is 6.18.